The Kier molecular flexibility index (Phi) is 3.36. The van der Waals surface area contributed by atoms with Gasteiger partial charge in [0.1, 0.15) is 0 Å². The number of ether oxygens (including phenoxy) is 1. The summed E-state index contributed by atoms with van der Waals surface area (Å²) in [5.74, 6) is 0.883. The smallest absolute Gasteiger partial charge is 0.0637 e. The molecule has 3 unspecified atom stereocenters. The van der Waals surface area contributed by atoms with Crippen LogP contribution in [0, 0.1) is 5.92 Å². The largest absolute Gasteiger partial charge is 0.379 e. The van der Waals surface area contributed by atoms with Crippen molar-refractivity contribution in [1.29, 1.82) is 0 Å². The second-order valence-corrected chi connectivity index (χ2v) is 5.06. The Morgan fingerprint density at radius 3 is 2.46 bits per heavy atom. The highest BCUT2D eigenvalue weighted by molar-refractivity contribution is 4.92. The van der Waals surface area contributed by atoms with Crippen LogP contribution < -0.4 is 5.32 Å². The van der Waals surface area contributed by atoms with Crippen LogP contribution in [-0.2, 0) is 4.74 Å². The van der Waals surface area contributed by atoms with E-state index in [1.807, 2.05) is 0 Å². The Bertz CT molecular complexity index is 167. The molecule has 1 N–H and O–H groups in total. The molecule has 0 heterocycles. The van der Waals surface area contributed by atoms with Crippen LogP contribution >= 0.6 is 0 Å². The Morgan fingerprint density at radius 2 is 2.08 bits per heavy atom. The molecule has 0 bridgehead atoms. The topological polar surface area (TPSA) is 21.3 Å². The molecule has 0 aliphatic heterocycles. The van der Waals surface area contributed by atoms with Crippen LogP contribution in [-0.4, -0.2) is 24.8 Å². The molecule has 0 radical (unpaired) electrons. The maximum atomic E-state index is 5.40. The van der Waals surface area contributed by atoms with E-state index in [9.17, 15) is 0 Å². The lowest BCUT2D eigenvalue weighted by atomic mass is 10.00. The highest BCUT2D eigenvalue weighted by atomic mass is 16.5. The first kappa shape index (κ1) is 11.0. The third-order valence-electron chi connectivity index (χ3n) is 2.96. The van der Waals surface area contributed by atoms with Crippen molar-refractivity contribution >= 4 is 0 Å². The van der Waals surface area contributed by atoms with Crippen molar-refractivity contribution in [1.82, 2.24) is 5.32 Å². The molecule has 0 aromatic heterocycles. The van der Waals surface area contributed by atoms with Crippen LogP contribution in [0.25, 0.3) is 0 Å². The lowest BCUT2D eigenvalue weighted by Crippen LogP contribution is -2.37. The minimum Gasteiger partial charge on any atom is -0.379 e. The molecule has 1 aliphatic carbocycles. The van der Waals surface area contributed by atoms with Crippen molar-refractivity contribution in [2.75, 3.05) is 7.11 Å². The van der Waals surface area contributed by atoms with Gasteiger partial charge in [-0.15, -0.1) is 0 Å². The van der Waals surface area contributed by atoms with Gasteiger partial charge in [0.05, 0.1) is 5.60 Å². The van der Waals surface area contributed by atoms with E-state index in [0.717, 1.165) is 18.4 Å². The number of nitrogens with one attached hydrogen (secondary N) is 1. The third kappa shape index (κ3) is 3.65. The lowest BCUT2D eigenvalue weighted by molar-refractivity contribution is 0.00837. The number of rotatable bonds is 5. The quantitative estimate of drug-likeness (QED) is 0.709. The molecule has 3 atom stereocenters. The first-order chi connectivity index (χ1) is 5.94. The second-order valence-electron chi connectivity index (χ2n) is 5.06. The van der Waals surface area contributed by atoms with Gasteiger partial charge in [-0.05, 0) is 39.5 Å². The van der Waals surface area contributed by atoms with Crippen molar-refractivity contribution < 1.29 is 4.74 Å². The summed E-state index contributed by atoms with van der Waals surface area (Å²) in [6.45, 7) is 8.82. The Labute approximate surface area is 82.0 Å². The van der Waals surface area contributed by atoms with Gasteiger partial charge in [-0.3, -0.25) is 0 Å². The zero-order valence-corrected chi connectivity index (χ0v) is 9.55. The molecule has 1 rings (SSSR count). The SMILES string of the molecule is COC(C)(C)CC(C)NC1CC1C. The molecule has 0 aromatic rings. The predicted octanol–water partition coefficient (Wildman–Crippen LogP) is 2.19. The second kappa shape index (κ2) is 3.97. The minimum absolute atomic E-state index is 0.00451. The average Bonchev–Trinajstić information content (AvgIpc) is 2.65. The van der Waals surface area contributed by atoms with Crippen molar-refractivity contribution in [3.63, 3.8) is 0 Å². The van der Waals surface area contributed by atoms with E-state index in [2.05, 4.69) is 33.0 Å². The predicted molar refractivity (Wildman–Crippen MR) is 55.9 cm³/mol. The fourth-order valence-corrected chi connectivity index (χ4v) is 1.80. The minimum atomic E-state index is 0.00451. The third-order valence-corrected chi connectivity index (χ3v) is 2.96. The molecule has 1 saturated carbocycles. The van der Waals surface area contributed by atoms with Crippen LogP contribution in [0.5, 0.6) is 0 Å². The molecule has 0 spiro atoms. The van der Waals surface area contributed by atoms with Crippen LogP contribution in [0.4, 0.5) is 0 Å². The van der Waals surface area contributed by atoms with Crippen LogP contribution in [0.2, 0.25) is 0 Å². The van der Waals surface area contributed by atoms with Gasteiger partial charge < -0.3 is 10.1 Å². The van der Waals surface area contributed by atoms with Gasteiger partial charge in [-0.2, -0.15) is 0 Å². The standard InChI is InChI=1S/C11H23NO/c1-8-6-10(8)12-9(2)7-11(3,4)13-5/h8-10,12H,6-7H2,1-5H3. The highest BCUT2D eigenvalue weighted by Gasteiger charge is 2.34. The Balaban J connectivity index is 2.20. The van der Waals surface area contributed by atoms with Gasteiger partial charge >= 0.3 is 0 Å². The molecule has 13 heavy (non-hydrogen) atoms. The summed E-state index contributed by atoms with van der Waals surface area (Å²) >= 11 is 0. The fraction of sp³-hybridized carbons (Fsp3) is 1.00. The van der Waals surface area contributed by atoms with Crippen LogP contribution in [0.3, 0.4) is 0 Å². The molecule has 2 nitrogen and oxygen atoms in total. The zero-order valence-electron chi connectivity index (χ0n) is 9.55. The van der Waals surface area contributed by atoms with Gasteiger partial charge in [0.25, 0.3) is 0 Å². The van der Waals surface area contributed by atoms with Crippen molar-refractivity contribution in [3.05, 3.63) is 0 Å². The molecule has 78 valence electrons. The molecule has 0 aromatic carbocycles. The highest BCUT2D eigenvalue weighted by Crippen LogP contribution is 2.30. The summed E-state index contributed by atoms with van der Waals surface area (Å²) in [4.78, 5) is 0. The van der Waals surface area contributed by atoms with Gasteiger partial charge in [0.15, 0.2) is 0 Å². The number of methoxy groups -OCH3 is 1. The molecular formula is C11H23NO. The average molecular weight is 185 g/mol. The van der Waals surface area contributed by atoms with E-state index in [0.29, 0.717) is 6.04 Å². The summed E-state index contributed by atoms with van der Waals surface area (Å²) in [6.07, 6.45) is 2.42. The molecule has 1 aliphatic rings. The van der Waals surface area contributed by atoms with E-state index in [1.54, 1.807) is 7.11 Å². The van der Waals surface area contributed by atoms with Crippen molar-refractivity contribution in [2.45, 2.75) is 58.2 Å². The molecule has 0 saturated heterocycles. The van der Waals surface area contributed by atoms with E-state index >= 15 is 0 Å². The summed E-state index contributed by atoms with van der Waals surface area (Å²) in [7, 11) is 1.78. The number of hydrogen-bond acceptors (Lipinski definition) is 2. The van der Waals surface area contributed by atoms with E-state index in [1.165, 1.54) is 6.42 Å². The summed E-state index contributed by atoms with van der Waals surface area (Å²) in [5, 5.41) is 3.61. The van der Waals surface area contributed by atoms with Gasteiger partial charge in [-0.25, -0.2) is 0 Å². The first-order valence-electron chi connectivity index (χ1n) is 5.26. The van der Waals surface area contributed by atoms with Gasteiger partial charge in [0, 0.05) is 19.2 Å². The van der Waals surface area contributed by atoms with E-state index in [-0.39, 0.29) is 5.60 Å². The van der Waals surface area contributed by atoms with Gasteiger partial charge in [-0.1, -0.05) is 6.92 Å². The van der Waals surface area contributed by atoms with E-state index in [4.69, 9.17) is 4.74 Å². The summed E-state index contributed by atoms with van der Waals surface area (Å²) in [6, 6.07) is 1.33. The fourth-order valence-electron chi connectivity index (χ4n) is 1.80. The van der Waals surface area contributed by atoms with Crippen molar-refractivity contribution in [2.24, 2.45) is 5.92 Å². The zero-order chi connectivity index (χ0) is 10.1. The van der Waals surface area contributed by atoms with Crippen molar-refractivity contribution in [3.8, 4) is 0 Å². The van der Waals surface area contributed by atoms with E-state index < -0.39 is 0 Å². The van der Waals surface area contributed by atoms with Gasteiger partial charge in [0.2, 0.25) is 0 Å². The normalized spacial score (nSPS) is 30.2. The molecule has 0 amide bonds. The van der Waals surface area contributed by atoms with Crippen LogP contribution in [0.1, 0.15) is 40.5 Å². The maximum Gasteiger partial charge on any atom is 0.0637 e. The molecule has 1 fully saturated rings. The number of hydrogen-bond donors (Lipinski definition) is 1. The summed E-state index contributed by atoms with van der Waals surface area (Å²) < 4.78 is 5.40. The first-order valence-corrected chi connectivity index (χ1v) is 5.26. The lowest BCUT2D eigenvalue weighted by Gasteiger charge is -2.27. The molecule has 2 heteroatoms. The Morgan fingerprint density at radius 1 is 1.54 bits per heavy atom. The monoisotopic (exact) mass is 185 g/mol. The van der Waals surface area contributed by atoms with Crippen LogP contribution in [0.15, 0.2) is 0 Å². The molecular weight excluding hydrogens is 162 g/mol. The Hall–Kier alpha value is -0.0800. The maximum absolute atomic E-state index is 5.40. The summed E-state index contributed by atoms with van der Waals surface area (Å²) in [5.41, 5.74) is 0.00451.